The average molecular weight is 387 g/mol. The predicted octanol–water partition coefficient (Wildman–Crippen LogP) is 3.02. The van der Waals surface area contributed by atoms with Gasteiger partial charge < -0.3 is 19.9 Å². The highest BCUT2D eigenvalue weighted by atomic mass is 16.6. The fourth-order valence-corrected chi connectivity index (χ4v) is 3.62. The van der Waals surface area contributed by atoms with Gasteiger partial charge in [-0.25, -0.2) is 9.50 Å². The highest BCUT2D eigenvalue weighted by Gasteiger charge is 2.52. The van der Waals surface area contributed by atoms with Gasteiger partial charge in [0.05, 0.1) is 17.9 Å². The number of hydrogen-bond donors (Lipinski definition) is 1. The van der Waals surface area contributed by atoms with Gasteiger partial charge in [0.25, 0.3) is 0 Å². The summed E-state index contributed by atoms with van der Waals surface area (Å²) in [6.45, 7) is 7.99. The second-order valence-electron chi connectivity index (χ2n) is 7.31. The number of ether oxygens (including phenoxy) is 3. The zero-order valence-corrected chi connectivity index (χ0v) is 16.9. The monoisotopic (exact) mass is 387 g/mol. The van der Waals surface area contributed by atoms with E-state index in [-0.39, 0.29) is 11.9 Å². The van der Waals surface area contributed by atoms with Gasteiger partial charge in [0, 0.05) is 13.2 Å². The number of nitrogen functional groups attached to an aromatic ring is 1. The van der Waals surface area contributed by atoms with E-state index in [9.17, 15) is 5.26 Å². The van der Waals surface area contributed by atoms with Gasteiger partial charge in [0.1, 0.15) is 35.7 Å². The maximum absolute atomic E-state index is 9.54. The number of nitrogens with two attached hydrogens (primary N) is 1. The minimum absolute atomic E-state index is 0.198. The minimum atomic E-state index is -0.691. The zero-order chi connectivity index (χ0) is 20.1. The highest BCUT2D eigenvalue weighted by molar-refractivity contribution is 5.74. The fraction of sp³-hybridized carbons (Fsp3) is 0.650. The van der Waals surface area contributed by atoms with Gasteiger partial charge in [0.15, 0.2) is 5.82 Å². The summed E-state index contributed by atoms with van der Waals surface area (Å²) in [7, 11) is 0. The number of nitriles is 1. The molecule has 2 N–H and O–H groups in total. The molecule has 0 radical (unpaired) electrons. The molecule has 0 aliphatic carbocycles. The molecule has 8 nitrogen and oxygen atoms in total. The van der Waals surface area contributed by atoms with E-state index in [1.165, 1.54) is 6.33 Å². The number of rotatable bonds is 9. The molecule has 1 aliphatic heterocycles. The Bertz CT molecular complexity index is 846. The Labute approximate surface area is 165 Å². The van der Waals surface area contributed by atoms with Gasteiger partial charge in [-0.05, 0) is 25.8 Å². The Morgan fingerprint density at radius 3 is 2.82 bits per heavy atom. The van der Waals surface area contributed by atoms with Crippen molar-refractivity contribution in [2.75, 3.05) is 25.6 Å². The molecule has 3 atom stereocenters. The third-order valence-electron chi connectivity index (χ3n) is 5.30. The van der Waals surface area contributed by atoms with Crippen molar-refractivity contribution in [2.45, 2.75) is 64.3 Å². The second-order valence-corrected chi connectivity index (χ2v) is 7.31. The van der Waals surface area contributed by atoms with Crippen molar-refractivity contribution < 1.29 is 14.2 Å². The minimum Gasteiger partial charge on any atom is -0.382 e. The Morgan fingerprint density at radius 1 is 1.36 bits per heavy atom. The van der Waals surface area contributed by atoms with Gasteiger partial charge in [-0.3, -0.25) is 0 Å². The molecule has 2 aromatic rings. The number of unbranched alkanes of at least 4 members (excludes halogenated alkanes) is 2. The van der Waals surface area contributed by atoms with E-state index in [1.807, 2.05) is 6.92 Å². The van der Waals surface area contributed by atoms with Crippen LogP contribution in [0.1, 0.15) is 63.8 Å². The summed E-state index contributed by atoms with van der Waals surface area (Å²) in [4.78, 5) is 4.02. The van der Waals surface area contributed by atoms with Crippen molar-refractivity contribution >= 4 is 11.3 Å². The van der Waals surface area contributed by atoms with Crippen LogP contribution in [0.4, 0.5) is 5.82 Å². The lowest BCUT2D eigenvalue weighted by molar-refractivity contribution is -0.135. The van der Waals surface area contributed by atoms with Gasteiger partial charge in [-0.1, -0.05) is 26.7 Å². The van der Waals surface area contributed by atoms with E-state index in [0.717, 1.165) is 31.4 Å². The Morgan fingerprint density at radius 2 is 2.11 bits per heavy atom. The molecule has 3 rings (SSSR count). The molecule has 152 valence electrons. The Balaban J connectivity index is 1.98. The van der Waals surface area contributed by atoms with Crippen molar-refractivity contribution in [1.29, 1.82) is 5.26 Å². The van der Waals surface area contributed by atoms with Crippen LogP contribution in [0, 0.1) is 11.3 Å². The SMILES string of the molecule is CCCCO[C@@H]1CO[C@@H](c2cc(C#N)c3c(N)ncnn23)[C@]1(C)OCCCC. The zero-order valence-electron chi connectivity index (χ0n) is 16.9. The summed E-state index contributed by atoms with van der Waals surface area (Å²) in [5.41, 5.74) is 6.95. The van der Waals surface area contributed by atoms with Crippen LogP contribution < -0.4 is 5.73 Å². The van der Waals surface area contributed by atoms with Crippen molar-refractivity contribution in [3.8, 4) is 6.07 Å². The number of hydrogen-bond acceptors (Lipinski definition) is 7. The summed E-state index contributed by atoms with van der Waals surface area (Å²) < 4.78 is 20.3. The molecule has 8 heteroatoms. The molecule has 28 heavy (non-hydrogen) atoms. The molecule has 1 fully saturated rings. The highest BCUT2D eigenvalue weighted by Crippen LogP contribution is 2.43. The molecule has 0 spiro atoms. The summed E-state index contributed by atoms with van der Waals surface area (Å²) in [5.74, 6) is 0.264. The van der Waals surface area contributed by atoms with E-state index in [2.05, 4.69) is 30.0 Å². The lowest BCUT2D eigenvalue weighted by atomic mass is 9.92. The topological polar surface area (TPSA) is 108 Å². The molecule has 3 heterocycles. The van der Waals surface area contributed by atoms with Crippen molar-refractivity contribution in [3.63, 3.8) is 0 Å². The number of anilines is 1. The van der Waals surface area contributed by atoms with Crippen molar-refractivity contribution in [1.82, 2.24) is 14.6 Å². The Hall–Kier alpha value is -2.21. The van der Waals surface area contributed by atoms with E-state index >= 15 is 0 Å². The molecule has 0 saturated carbocycles. The van der Waals surface area contributed by atoms with Gasteiger partial charge in [0.2, 0.25) is 0 Å². The predicted molar refractivity (Wildman–Crippen MR) is 105 cm³/mol. The van der Waals surface area contributed by atoms with Crippen LogP contribution in [0.15, 0.2) is 12.4 Å². The fourth-order valence-electron chi connectivity index (χ4n) is 3.62. The summed E-state index contributed by atoms with van der Waals surface area (Å²) in [6, 6.07) is 3.94. The normalized spacial score (nSPS) is 24.6. The lowest BCUT2D eigenvalue weighted by Crippen LogP contribution is -2.45. The van der Waals surface area contributed by atoms with Crippen LogP contribution in [-0.2, 0) is 14.2 Å². The third-order valence-corrected chi connectivity index (χ3v) is 5.30. The number of aromatic nitrogens is 3. The summed E-state index contributed by atoms with van der Waals surface area (Å²) in [6.07, 6.45) is 4.80. The molecular formula is C20H29N5O3. The molecular weight excluding hydrogens is 358 g/mol. The van der Waals surface area contributed by atoms with Crippen LogP contribution in [0.25, 0.3) is 5.52 Å². The van der Waals surface area contributed by atoms with Gasteiger partial charge >= 0.3 is 0 Å². The first-order valence-corrected chi connectivity index (χ1v) is 9.96. The molecule has 0 unspecified atom stereocenters. The maximum atomic E-state index is 9.54. The van der Waals surface area contributed by atoms with Crippen molar-refractivity contribution in [3.05, 3.63) is 23.7 Å². The average Bonchev–Trinajstić information content (AvgIpc) is 3.21. The largest absolute Gasteiger partial charge is 0.382 e. The molecule has 2 aromatic heterocycles. The van der Waals surface area contributed by atoms with Crippen LogP contribution in [0.2, 0.25) is 0 Å². The Kier molecular flexibility index (Phi) is 6.50. The van der Waals surface area contributed by atoms with Crippen LogP contribution in [-0.4, -0.2) is 46.1 Å². The third kappa shape index (κ3) is 3.70. The maximum Gasteiger partial charge on any atom is 0.152 e. The van der Waals surface area contributed by atoms with E-state index in [0.29, 0.717) is 30.9 Å². The summed E-state index contributed by atoms with van der Waals surface area (Å²) in [5, 5.41) is 13.9. The lowest BCUT2D eigenvalue weighted by Gasteiger charge is -2.34. The molecule has 0 aromatic carbocycles. The van der Waals surface area contributed by atoms with E-state index < -0.39 is 11.7 Å². The first-order chi connectivity index (χ1) is 13.6. The van der Waals surface area contributed by atoms with E-state index in [1.54, 1.807) is 10.6 Å². The standard InChI is InChI=1S/C20H29N5O3/c1-4-6-8-26-16-12-27-18(20(16,3)28-9-7-5-2)15-10-14(11-21)17-19(22)23-13-24-25(15)17/h10,13,16,18H,4-9,12H2,1-3H3,(H2,22,23,24)/t16-,18+,20-/m1/s1. The summed E-state index contributed by atoms with van der Waals surface area (Å²) >= 11 is 0. The quantitative estimate of drug-likeness (QED) is 0.659. The van der Waals surface area contributed by atoms with Crippen LogP contribution in [0.3, 0.4) is 0 Å². The first-order valence-electron chi connectivity index (χ1n) is 9.96. The number of nitrogens with zero attached hydrogens (tertiary/aromatic N) is 4. The first kappa shape index (κ1) is 20.5. The molecule has 1 saturated heterocycles. The smallest absolute Gasteiger partial charge is 0.152 e. The van der Waals surface area contributed by atoms with Crippen LogP contribution in [0.5, 0.6) is 0 Å². The van der Waals surface area contributed by atoms with Crippen LogP contribution >= 0.6 is 0 Å². The van der Waals surface area contributed by atoms with Gasteiger partial charge in [-0.2, -0.15) is 10.4 Å². The molecule has 1 aliphatic rings. The number of fused-ring (bicyclic) bond motifs is 1. The van der Waals surface area contributed by atoms with Gasteiger partial charge in [-0.15, -0.1) is 0 Å². The van der Waals surface area contributed by atoms with E-state index in [4.69, 9.17) is 19.9 Å². The van der Waals surface area contributed by atoms with Crippen molar-refractivity contribution in [2.24, 2.45) is 0 Å². The molecule has 0 bridgehead atoms. The molecule has 0 amide bonds. The second kappa shape index (κ2) is 8.86.